The number of hydrogen-bond acceptors (Lipinski definition) is 5. The molecule has 0 fully saturated rings. The maximum atomic E-state index is 12.4. The van der Waals surface area contributed by atoms with Crippen LogP contribution in [0.2, 0.25) is 0 Å². The molecular formula is C28H31N5O3. The first-order valence-corrected chi connectivity index (χ1v) is 12.0. The van der Waals surface area contributed by atoms with Gasteiger partial charge in [-0.25, -0.2) is 4.98 Å². The van der Waals surface area contributed by atoms with Crippen molar-refractivity contribution in [2.75, 3.05) is 5.32 Å². The minimum Gasteiger partial charge on any atom is -0.441 e. The quantitative estimate of drug-likeness (QED) is 0.365. The average Bonchev–Trinajstić information content (AvgIpc) is 3.35. The lowest BCUT2D eigenvalue weighted by Crippen LogP contribution is -2.23. The standard InChI is InChI=1S/C28H31N5O3/c1-18-24(19(2)33(4)32-18)14-15-26(34)29-17-25-20(3)36-28(31-25)22-10-12-23(13-11-22)30-27(35)16-21-8-6-5-7-9-21/h5-13H,14-17H2,1-4H3,(H,29,34)(H,30,35). The molecule has 0 aliphatic carbocycles. The zero-order valence-electron chi connectivity index (χ0n) is 21.1. The summed E-state index contributed by atoms with van der Waals surface area (Å²) >= 11 is 0. The monoisotopic (exact) mass is 485 g/mol. The molecule has 2 amide bonds. The van der Waals surface area contributed by atoms with Gasteiger partial charge in [0.25, 0.3) is 0 Å². The highest BCUT2D eigenvalue weighted by Crippen LogP contribution is 2.23. The van der Waals surface area contributed by atoms with Crippen LogP contribution in [0.1, 0.15) is 40.4 Å². The van der Waals surface area contributed by atoms with Gasteiger partial charge >= 0.3 is 0 Å². The third kappa shape index (κ3) is 6.07. The second-order valence-electron chi connectivity index (χ2n) is 8.86. The van der Waals surface area contributed by atoms with Crippen LogP contribution in [-0.4, -0.2) is 26.6 Å². The molecule has 0 atom stereocenters. The number of amides is 2. The molecule has 8 heteroatoms. The average molecular weight is 486 g/mol. The summed E-state index contributed by atoms with van der Waals surface area (Å²) in [6.45, 7) is 6.11. The van der Waals surface area contributed by atoms with E-state index in [0.29, 0.717) is 48.8 Å². The largest absolute Gasteiger partial charge is 0.441 e. The Hall–Kier alpha value is -4.20. The molecule has 2 aromatic heterocycles. The molecule has 186 valence electrons. The number of nitrogens with zero attached hydrogens (tertiary/aromatic N) is 3. The SMILES string of the molecule is Cc1nn(C)c(C)c1CCC(=O)NCc1nc(-c2ccc(NC(=O)Cc3ccccc3)cc2)oc1C. The van der Waals surface area contributed by atoms with E-state index in [1.54, 1.807) is 0 Å². The molecular weight excluding hydrogens is 454 g/mol. The Labute approximate surface area is 210 Å². The summed E-state index contributed by atoms with van der Waals surface area (Å²) in [5.41, 5.74) is 6.30. The Kier molecular flexibility index (Phi) is 7.63. The Morgan fingerprint density at radius 2 is 1.69 bits per heavy atom. The van der Waals surface area contributed by atoms with E-state index in [0.717, 1.165) is 28.1 Å². The number of hydrogen-bond donors (Lipinski definition) is 2. The summed E-state index contributed by atoms with van der Waals surface area (Å²) in [6, 6.07) is 17.0. The molecule has 0 unspecified atom stereocenters. The first-order chi connectivity index (χ1) is 17.3. The van der Waals surface area contributed by atoms with E-state index in [9.17, 15) is 9.59 Å². The molecule has 0 bridgehead atoms. The van der Waals surface area contributed by atoms with Gasteiger partial charge in [0.15, 0.2) is 0 Å². The Morgan fingerprint density at radius 1 is 0.972 bits per heavy atom. The van der Waals surface area contributed by atoms with Gasteiger partial charge in [-0.3, -0.25) is 14.3 Å². The topological polar surface area (TPSA) is 102 Å². The van der Waals surface area contributed by atoms with Gasteiger partial charge in [0.05, 0.1) is 18.7 Å². The highest BCUT2D eigenvalue weighted by molar-refractivity contribution is 5.92. The molecule has 0 aliphatic rings. The van der Waals surface area contributed by atoms with E-state index in [2.05, 4.69) is 20.7 Å². The van der Waals surface area contributed by atoms with E-state index < -0.39 is 0 Å². The number of rotatable bonds is 9. The van der Waals surface area contributed by atoms with Gasteiger partial charge in [0.2, 0.25) is 17.7 Å². The third-order valence-electron chi connectivity index (χ3n) is 6.23. The fourth-order valence-corrected chi connectivity index (χ4v) is 4.09. The number of oxazole rings is 1. The molecule has 0 saturated carbocycles. The van der Waals surface area contributed by atoms with E-state index in [4.69, 9.17) is 4.42 Å². The molecule has 0 aliphatic heterocycles. The van der Waals surface area contributed by atoms with Crippen molar-refractivity contribution in [3.63, 3.8) is 0 Å². The van der Waals surface area contributed by atoms with Crippen LogP contribution in [0.15, 0.2) is 59.0 Å². The fraction of sp³-hybridized carbons (Fsp3) is 0.286. The first-order valence-electron chi connectivity index (χ1n) is 12.0. The maximum absolute atomic E-state index is 12.4. The smallest absolute Gasteiger partial charge is 0.228 e. The number of carbonyl (C=O) groups excluding carboxylic acids is 2. The number of carbonyl (C=O) groups is 2. The van der Waals surface area contributed by atoms with E-state index in [1.165, 1.54) is 0 Å². The number of benzene rings is 2. The highest BCUT2D eigenvalue weighted by atomic mass is 16.4. The second-order valence-corrected chi connectivity index (χ2v) is 8.86. The molecule has 0 radical (unpaired) electrons. The van der Waals surface area contributed by atoms with Crippen LogP contribution in [0.25, 0.3) is 11.5 Å². The van der Waals surface area contributed by atoms with Crippen molar-refractivity contribution in [1.29, 1.82) is 0 Å². The minimum atomic E-state index is -0.0761. The molecule has 4 aromatic rings. The van der Waals surface area contributed by atoms with Gasteiger partial charge in [-0.15, -0.1) is 0 Å². The van der Waals surface area contributed by atoms with E-state index in [1.807, 2.05) is 87.1 Å². The molecule has 0 saturated heterocycles. The first kappa shape index (κ1) is 24.9. The molecule has 8 nitrogen and oxygen atoms in total. The van der Waals surface area contributed by atoms with Crippen LogP contribution < -0.4 is 10.6 Å². The van der Waals surface area contributed by atoms with Crippen molar-refractivity contribution in [3.05, 3.63) is 88.6 Å². The summed E-state index contributed by atoms with van der Waals surface area (Å²) in [7, 11) is 1.91. The summed E-state index contributed by atoms with van der Waals surface area (Å²) < 4.78 is 7.68. The predicted molar refractivity (Wildman–Crippen MR) is 138 cm³/mol. The van der Waals surface area contributed by atoms with Crippen molar-refractivity contribution >= 4 is 17.5 Å². The van der Waals surface area contributed by atoms with Gasteiger partial charge < -0.3 is 15.1 Å². The summed E-state index contributed by atoms with van der Waals surface area (Å²) in [6.07, 6.45) is 1.35. The molecule has 36 heavy (non-hydrogen) atoms. The number of anilines is 1. The zero-order chi connectivity index (χ0) is 25.7. The fourth-order valence-electron chi connectivity index (χ4n) is 4.09. The Balaban J connectivity index is 1.30. The van der Waals surface area contributed by atoms with Gasteiger partial charge in [0.1, 0.15) is 11.5 Å². The summed E-state index contributed by atoms with van der Waals surface area (Å²) in [5.74, 6) is 1.01. The number of nitrogens with one attached hydrogen (secondary N) is 2. The number of aromatic nitrogens is 3. The highest BCUT2D eigenvalue weighted by Gasteiger charge is 2.15. The molecule has 2 N–H and O–H groups in total. The number of aryl methyl sites for hydroxylation is 3. The van der Waals surface area contributed by atoms with Crippen LogP contribution in [-0.2, 0) is 36.0 Å². The molecule has 2 aromatic carbocycles. The van der Waals surface area contributed by atoms with Gasteiger partial charge in [-0.05, 0) is 62.6 Å². The second kappa shape index (κ2) is 11.0. The molecule has 4 rings (SSSR count). The van der Waals surface area contributed by atoms with Gasteiger partial charge in [-0.2, -0.15) is 5.10 Å². The van der Waals surface area contributed by atoms with Crippen LogP contribution in [0.4, 0.5) is 5.69 Å². The summed E-state index contributed by atoms with van der Waals surface area (Å²) in [4.78, 5) is 29.3. The third-order valence-corrected chi connectivity index (χ3v) is 6.23. The normalized spacial score (nSPS) is 10.9. The van der Waals surface area contributed by atoms with Crippen LogP contribution in [0, 0.1) is 20.8 Å². The lowest BCUT2D eigenvalue weighted by molar-refractivity contribution is -0.121. The van der Waals surface area contributed by atoms with Crippen molar-refractivity contribution in [1.82, 2.24) is 20.1 Å². The van der Waals surface area contributed by atoms with E-state index in [-0.39, 0.29) is 11.8 Å². The van der Waals surface area contributed by atoms with Gasteiger partial charge in [-0.1, -0.05) is 30.3 Å². The van der Waals surface area contributed by atoms with E-state index >= 15 is 0 Å². The van der Waals surface area contributed by atoms with Crippen molar-refractivity contribution < 1.29 is 14.0 Å². The Bertz CT molecular complexity index is 1350. The van der Waals surface area contributed by atoms with Crippen LogP contribution in [0.3, 0.4) is 0 Å². The van der Waals surface area contributed by atoms with Crippen LogP contribution in [0.5, 0.6) is 0 Å². The molecule has 0 spiro atoms. The minimum absolute atomic E-state index is 0.0443. The van der Waals surface area contributed by atoms with Crippen molar-refractivity contribution in [2.45, 2.75) is 46.6 Å². The van der Waals surface area contributed by atoms with Crippen molar-refractivity contribution in [2.24, 2.45) is 7.05 Å². The molecule has 2 heterocycles. The zero-order valence-corrected chi connectivity index (χ0v) is 21.1. The van der Waals surface area contributed by atoms with Crippen LogP contribution >= 0.6 is 0 Å². The lowest BCUT2D eigenvalue weighted by Gasteiger charge is -2.06. The Morgan fingerprint density at radius 3 is 2.36 bits per heavy atom. The van der Waals surface area contributed by atoms with Gasteiger partial charge in [0, 0.05) is 30.4 Å². The van der Waals surface area contributed by atoms with Crippen molar-refractivity contribution in [3.8, 4) is 11.5 Å². The maximum Gasteiger partial charge on any atom is 0.228 e. The lowest BCUT2D eigenvalue weighted by atomic mass is 10.1. The summed E-state index contributed by atoms with van der Waals surface area (Å²) in [5, 5.41) is 10.2. The predicted octanol–water partition coefficient (Wildman–Crippen LogP) is 4.43.